The summed E-state index contributed by atoms with van der Waals surface area (Å²) >= 11 is 0. The highest BCUT2D eigenvalue weighted by Crippen LogP contribution is 2.28. The Kier molecular flexibility index (Phi) is 6.28. The fourth-order valence-corrected chi connectivity index (χ4v) is 2.45. The van der Waals surface area contributed by atoms with E-state index in [0.29, 0.717) is 12.5 Å². The molecule has 1 fully saturated rings. The van der Waals surface area contributed by atoms with Crippen LogP contribution in [0.15, 0.2) is 0 Å². The highest BCUT2D eigenvalue weighted by Gasteiger charge is 2.32. The zero-order chi connectivity index (χ0) is 14.4. The second-order valence-corrected chi connectivity index (χ2v) is 5.98. The van der Waals surface area contributed by atoms with Crippen LogP contribution in [0.3, 0.4) is 0 Å². The predicted octanol–water partition coefficient (Wildman–Crippen LogP) is 0.638. The van der Waals surface area contributed by atoms with Crippen LogP contribution >= 0.6 is 0 Å². The predicted molar refractivity (Wildman–Crippen MR) is 75.3 cm³/mol. The lowest BCUT2D eigenvalue weighted by molar-refractivity contribution is -0.130. The molecule has 0 spiro atoms. The van der Waals surface area contributed by atoms with Gasteiger partial charge in [-0.15, -0.1) is 0 Å². The molecule has 19 heavy (non-hydrogen) atoms. The van der Waals surface area contributed by atoms with Gasteiger partial charge in [-0.3, -0.25) is 9.59 Å². The number of nitrogens with one attached hydrogen (secondary N) is 2. The van der Waals surface area contributed by atoms with Gasteiger partial charge in [0, 0.05) is 18.5 Å². The highest BCUT2D eigenvalue weighted by atomic mass is 16.2. The Morgan fingerprint density at radius 3 is 2.58 bits per heavy atom. The van der Waals surface area contributed by atoms with Crippen LogP contribution in [0, 0.1) is 17.8 Å². The minimum atomic E-state index is -0.130. The van der Waals surface area contributed by atoms with Crippen molar-refractivity contribution in [1.29, 1.82) is 0 Å². The van der Waals surface area contributed by atoms with Gasteiger partial charge in [0.1, 0.15) is 0 Å². The van der Waals surface area contributed by atoms with E-state index in [0.717, 1.165) is 19.3 Å². The van der Waals surface area contributed by atoms with Gasteiger partial charge in [0.15, 0.2) is 0 Å². The number of rotatable bonds is 5. The van der Waals surface area contributed by atoms with Gasteiger partial charge in [-0.05, 0) is 24.7 Å². The van der Waals surface area contributed by atoms with E-state index in [2.05, 4.69) is 10.6 Å². The number of carbonyl (C=O) groups is 2. The van der Waals surface area contributed by atoms with Crippen LogP contribution in [0.4, 0.5) is 0 Å². The fraction of sp³-hybridized carbons (Fsp3) is 0.857. The summed E-state index contributed by atoms with van der Waals surface area (Å²) in [5.74, 6) is 0.377. The quantitative estimate of drug-likeness (QED) is 0.684. The van der Waals surface area contributed by atoms with Crippen molar-refractivity contribution in [3.05, 3.63) is 0 Å². The molecule has 5 heteroatoms. The highest BCUT2D eigenvalue weighted by molar-refractivity contribution is 5.86. The average Bonchev–Trinajstić information content (AvgIpc) is 2.36. The van der Waals surface area contributed by atoms with Crippen molar-refractivity contribution in [2.75, 3.05) is 13.1 Å². The molecule has 0 aliphatic heterocycles. The van der Waals surface area contributed by atoms with Gasteiger partial charge in [-0.25, -0.2) is 0 Å². The molecule has 0 saturated heterocycles. The SMILES string of the molecule is CC(C)CNC(=O)CNC(=O)C1CCCC(N)C1C. The first-order valence-electron chi connectivity index (χ1n) is 7.21. The standard InChI is InChI=1S/C14H27N3O2/c1-9(2)7-16-13(18)8-17-14(19)11-5-4-6-12(15)10(11)3/h9-12H,4-8,15H2,1-3H3,(H,16,18)(H,17,19). The van der Waals surface area contributed by atoms with Gasteiger partial charge >= 0.3 is 0 Å². The molecule has 1 rings (SSSR count). The van der Waals surface area contributed by atoms with Crippen molar-refractivity contribution in [3.63, 3.8) is 0 Å². The van der Waals surface area contributed by atoms with E-state index in [1.807, 2.05) is 20.8 Å². The van der Waals surface area contributed by atoms with Gasteiger partial charge < -0.3 is 16.4 Å². The molecule has 1 saturated carbocycles. The summed E-state index contributed by atoms with van der Waals surface area (Å²) in [6.45, 7) is 6.78. The van der Waals surface area contributed by atoms with Crippen molar-refractivity contribution in [2.45, 2.75) is 46.1 Å². The summed E-state index contributed by atoms with van der Waals surface area (Å²) in [5.41, 5.74) is 5.98. The molecule has 110 valence electrons. The molecule has 3 atom stereocenters. The third-order valence-corrected chi connectivity index (χ3v) is 3.83. The summed E-state index contributed by atoms with van der Waals surface area (Å²) in [6, 6.07) is 0.0965. The van der Waals surface area contributed by atoms with Gasteiger partial charge in [-0.1, -0.05) is 27.2 Å². The third-order valence-electron chi connectivity index (χ3n) is 3.83. The van der Waals surface area contributed by atoms with Gasteiger partial charge in [0.2, 0.25) is 11.8 Å². The molecule has 5 nitrogen and oxygen atoms in total. The molecule has 0 heterocycles. The Labute approximate surface area is 115 Å². The molecule has 4 N–H and O–H groups in total. The molecule has 2 amide bonds. The van der Waals surface area contributed by atoms with Gasteiger partial charge in [0.05, 0.1) is 6.54 Å². The second kappa shape index (κ2) is 7.48. The summed E-state index contributed by atoms with van der Waals surface area (Å²) < 4.78 is 0. The minimum absolute atomic E-state index is 0.0395. The Hall–Kier alpha value is -1.10. The lowest BCUT2D eigenvalue weighted by atomic mass is 9.77. The third kappa shape index (κ3) is 5.19. The number of nitrogens with two attached hydrogens (primary N) is 1. The molecule has 0 radical (unpaired) electrons. The number of hydrogen-bond acceptors (Lipinski definition) is 3. The summed E-state index contributed by atoms with van der Waals surface area (Å²) in [6.07, 6.45) is 2.84. The van der Waals surface area contributed by atoms with Crippen molar-refractivity contribution in [3.8, 4) is 0 Å². The molecule has 0 aromatic carbocycles. The van der Waals surface area contributed by atoms with Crippen LogP contribution in [0.5, 0.6) is 0 Å². The van der Waals surface area contributed by atoms with Crippen LogP contribution in [-0.2, 0) is 9.59 Å². The zero-order valence-electron chi connectivity index (χ0n) is 12.2. The van der Waals surface area contributed by atoms with Gasteiger partial charge in [-0.2, -0.15) is 0 Å². The van der Waals surface area contributed by atoms with Crippen LogP contribution < -0.4 is 16.4 Å². The van der Waals surface area contributed by atoms with E-state index in [9.17, 15) is 9.59 Å². The lowest BCUT2D eigenvalue weighted by Gasteiger charge is -2.32. The summed E-state index contributed by atoms with van der Waals surface area (Å²) in [7, 11) is 0. The Bertz CT molecular complexity index is 318. The zero-order valence-corrected chi connectivity index (χ0v) is 12.2. The molecule has 1 aliphatic carbocycles. The van der Waals surface area contributed by atoms with Crippen molar-refractivity contribution in [2.24, 2.45) is 23.5 Å². The van der Waals surface area contributed by atoms with E-state index in [4.69, 9.17) is 5.73 Å². The first kappa shape index (κ1) is 16.0. The smallest absolute Gasteiger partial charge is 0.239 e. The molecular formula is C14H27N3O2. The van der Waals surface area contributed by atoms with E-state index in [1.54, 1.807) is 0 Å². The van der Waals surface area contributed by atoms with Crippen molar-refractivity contribution >= 4 is 11.8 Å². The first-order valence-corrected chi connectivity index (χ1v) is 7.21. The van der Waals surface area contributed by atoms with Crippen LogP contribution in [0.2, 0.25) is 0 Å². The van der Waals surface area contributed by atoms with E-state index in [1.165, 1.54) is 0 Å². The number of carbonyl (C=O) groups excluding carboxylic acids is 2. The first-order chi connectivity index (χ1) is 8.91. The molecule has 0 bridgehead atoms. The summed E-state index contributed by atoms with van der Waals surface area (Å²) in [5, 5.41) is 5.50. The maximum absolute atomic E-state index is 12.0. The number of amides is 2. The Morgan fingerprint density at radius 2 is 1.95 bits per heavy atom. The van der Waals surface area contributed by atoms with E-state index in [-0.39, 0.29) is 36.2 Å². The summed E-state index contributed by atoms with van der Waals surface area (Å²) in [4.78, 5) is 23.6. The van der Waals surface area contributed by atoms with Crippen LogP contribution in [0.25, 0.3) is 0 Å². The van der Waals surface area contributed by atoms with E-state index < -0.39 is 0 Å². The topological polar surface area (TPSA) is 84.2 Å². The van der Waals surface area contributed by atoms with Crippen LogP contribution in [0.1, 0.15) is 40.0 Å². The molecule has 1 aliphatic rings. The van der Waals surface area contributed by atoms with Crippen molar-refractivity contribution in [1.82, 2.24) is 10.6 Å². The molecule has 3 unspecified atom stereocenters. The largest absolute Gasteiger partial charge is 0.354 e. The Balaban J connectivity index is 2.32. The van der Waals surface area contributed by atoms with E-state index >= 15 is 0 Å². The Morgan fingerprint density at radius 1 is 1.26 bits per heavy atom. The van der Waals surface area contributed by atoms with Gasteiger partial charge in [0.25, 0.3) is 0 Å². The van der Waals surface area contributed by atoms with Crippen molar-refractivity contribution < 1.29 is 9.59 Å². The second-order valence-electron chi connectivity index (χ2n) is 5.98. The average molecular weight is 269 g/mol. The minimum Gasteiger partial charge on any atom is -0.354 e. The fourth-order valence-electron chi connectivity index (χ4n) is 2.45. The normalized spacial score (nSPS) is 27.1. The molecule has 0 aromatic heterocycles. The lowest BCUT2D eigenvalue weighted by Crippen LogP contribution is -2.46. The maximum Gasteiger partial charge on any atom is 0.239 e. The molecule has 0 aromatic rings. The monoisotopic (exact) mass is 269 g/mol. The maximum atomic E-state index is 12.0. The molecular weight excluding hydrogens is 242 g/mol. The number of hydrogen-bond donors (Lipinski definition) is 3. The van der Waals surface area contributed by atoms with Crippen LogP contribution in [-0.4, -0.2) is 30.9 Å².